The number of para-hydroxylation sites is 2. The van der Waals surface area contributed by atoms with Gasteiger partial charge in [-0.3, -0.25) is 4.79 Å². The van der Waals surface area contributed by atoms with E-state index >= 15 is 0 Å². The van der Waals surface area contributed by atoms with Crippen molar-refractivity contribution in [2.45, 2.75) is 12.5 Å². The third-order valence-corrected chi connectivity index (χ3v) is 4.78. The van der Waals surface area contributed by atoms with E-state index in [-0.39, 0.29) is 11.9 Å². The van der Waals surface area contributed by atoms with Crippen LogP contribution >= 0.6 is 11.6 Å². The van der Waals surface area contributed by atoms with Crippen LogP contribution in [0.15, 0.2) is 48.5 Å². The summed E-state index contributed by atoms with van der Waals surface area (Å²) < 4.78 is 11.1. The van der Waals surface area contributed by atoms with Crippen LogP contribution in [0, 0.1) is 0 Å². The molecule has 6 heteroatoms. The summed E-state index contributed by atoms with van der Waals surface area (Å²) in [5, 5.41) is 3.91. The first-order valence-corrected chi connectivity index (χ1v) is 9.09. The molecule has 138 valence electrons. The van der Waals surface area contributed by atoms with Crippen LogP contribution in [0.3, 0.4) is 0 Å². The fraction of sp³-hybridized carbons (Fsp3) is 0.350. The highest BCUT2D eigenvalue weighted by molar-refractivity contribution is 6.32. The molecule has 1 atom stereocenters. The molecule has 0 bridgehead atoms. The fourth-order valence-electron chi connectivity index (χ4n) is 3.18. The Labute approximate surface area is 158 Å². The van der Waals surface area contributed by atoms with E-state index in [9.17, 15) is 4.79 Å². The van der Waals surface area contributed by atoms with Crippen molar-refractivity contribution in [3.63, 3.8) is 0 Å². The predicted molar refractivity (Wildman–Crippen MR) is 102 cm³/mol. The first-order valence-electron chi connectivity index (χ1n) is 8.71. The van der Waals surface area contributed by atoms with Crippen molar-refractivity contribution in [1.82, 2.24) is 10.2 Å². The Kier molecular flexibility index (Phi) is 6.36. The number of hydrogen-bond donors (Lipinski definition) is 1. The van der Waals surface area contributed by atoms with Gasteiger partial charge in [-0.25, -0.2) is 0 Å². The number of benzene rings is 2. The van der Waals surface area contributed by atoms with Crippen LogP contribution in [-0.4, -0.2) is 44.2 Å². The van der Waals surface area contributed by atoms with Crippen molar-refractivity contribution in [3.8, 4) is 11.5 Å². The van der Waals surface area contributed by atoms with Gasteiger partial charge in [0, 0.05) is 25.2 Å². The summed E-state index contributed by atoms with van der Waals surface area (Å²) in [5.74, 6) is 1.46. The molecule has 0 aliphatic carbocycles. The van der Waals surface area contributed by atoms with Crippen LogP contribution in [0.5, 0.6) is 11.5 Å². The normalized spacial score (nSPS) is 17.0. The van der Waals surface area contributed by atoms with E-state index in [0.29, 0.717) is 36.9 Å². The summed E-state index contributed by atoms with van der Waals surface area (Å²) in [6, 6.07) is 15.1. The number of amides is 1. The molecule has 0 saturated carbocycles. The minimum Gasteiger partial charge on any atom is -0.496 e. The van der Waals surface area contributed by atoms with E-state index in [2.05, 4.69) is 5.32 Å². The van der Waals surface area contributed by atoms with Crippen molar-refractivity contribution in [1.29, 1.82) is 0 Å². The number of nitrogens with zero attached hydrogens (tertiary/aromatic N) is 1. The van der Waals surface area contributed by atoms with Gasteiger partial charge in [0.15, 0.2) is 0 Å². The van der Waals surface area contributed by atoms with Gasteiger partial charge >= 0.3 is 0 Å². The number of halogens is 1. The molecule has 26 heavy (non-hydrogen) atoms. The molecule has 1 N–H and O–H groups in total. The zero-order valence-corrected chi connectivity index (χ0v) is 15.5. The Morgan fingerprint density at radius 3 is 2.69 bits per heavy atom. The second-order valence-corrected chi connectivity index (χ2v) is 6.49. The number of piperazine rings is 1. The van der Waals surface area contributed by atoms with E-state index in [1.165, 1.54) is 0 Å². The second-order valence-electron chi connectivity index (χ2n) is 6.08. The number of methoxy groups -OCH3 is 1. The summed E-state index contributed by atoms with van der Waals surface area (Å²) in [5.41, 5.74) is 1.02. The molecule has 1 saturated heterocycles. The number of rotatable bonds is 6. The van der Waals surface area contributed by atoms with Crippen molar-refractivity contribution >= 4 is 17.5 Å². The van der Waals surface area contributed by atoms with Crippen molar-refractivity contribution in [3.05, 3.63) is 59.1 Å². The van der Waals surface area contributed by atoms with Gasteiger partial charge in [0.05, 0.1) is 31.2 Å². The Hall–Kier alpha value is -2.24. The molecule has 3 rings (SSSR count). The first kappa shape index (κ1) is 18.5. The summed E-state index contributed by atoms with van der Waals surface area (Å²) in [6.45, 7) is 2.44. The minimum absolute atomic E-state index is 0.0484. The fourth-order valence-corrected chi connectivity index (χ4v) is 3.37. The minimum atomic E-state index is -0.0484. The number of carbonyl (C=O) groups is 1. The van der Waals surface area contributed by atoms with E-state index in [4.69, 9.17) is 21.1 Å². The first-order chi connectivity index (χ1) is 12.7. The smallest absolute Gasteiger partial charge is 0.226 e. The highest BCUT2D eigenvalue weighted by atomic mass is 35.5. The summed E-state index contributed by atoms with van der Waals surface area (Å²) in [6.07, 6.45) is 0.302. The van der Waals surface area contributed by atoms with Gasteiger partial charge in [-0.1, -0.05) is 41.9 Å². The lowest BCUT2D eigenvalue weighted by molar-refractivity contribution is -0.135. The zero-order chi connectivity index (χ0) is 18.4. The second kappa shape index (κ2) is 8.92. The van der Waals surface area contributed by atoms with E-state index in [1.807, 2.05) is 41.3 Å². The van der Waals surface area contributed by atoms with Crippen molar-refractivity contribution in [2.75, 3.05) is 33.4 Å². The Morgan fingerprint density at radius 2 is 1.92 bits per heavy atom. The average Bonchev–Trinajstić information content (AvgIpc) is 2.69. The average molecular weight is 375 g/mol. The Balaban J connectivity index is 1.65. The number of carbonyl (C=O) groups excluding carboxylic acids is 1. The maximum absolute atomic E-state index is 12.8. The molecule has 2 aromatic rings. The molecular formula is C20H23ClN2O3. The molecule has 0 spiro atoms. The van der Waals surface area contributed by atoms with Crippen LogP contribution in [0.25, 0.3) is 0 Å². The monoisotopic (exact) mass is 374 g/mol. The maximum Gasteiger partial charge on any atom is 0.226 e. The zero-order valence-electron chi connectivity index (χ0n) is 14.8. The van der Waals surface area contributed by atoms with Crippen LogP contribution in [-0.2, 0) is 4.79 Å². The molecule has 1 aliphatic rings. The van der Waals surface area contributed by atoms with E-state index in [1.54, 1.807) is 19.2 Å². The summed E-state index contributed by atoms with van der Waals surface area (Å²) in [7, 11) is 1.65. The topological polar surface area (TPSA) is 50.8 Å². The molecule has 5 nitrogen and oxygen atoms in total. The molecule has 1 heterocycles. The van der Waals surface area contributed by atoms with Gasteiger partial charge in [-0.05, 0) is 18.2 Å². The standard InChI is InChI=1S/C20H23ClN2O3/c1-25-18-8-4-2-6-15(18)17-14-22-11-12-23(17)20(24)10-13-26-19-9-5-3-7-16(19)21/h2-9,17,22H,10-14H2,1H3. The molecule has 1 unspecified atom stereocenters. The molecule has 2 aromatic carbocycles. The van der Waals surface area contributed by atoms with Crippen LogP contribution in [0.2, 0.25) is 5.02 Å². The van der Waals surface area contributed by atoms with Gasteiger partial charge in [-0.2, -0.15) is 0 Å². The lowest BCUT2D eigenvalue weighted by Crippen LogP contribution is -2.49. The number of nitrogens with one attached hydrogen (secondary N) is 1. The molecule has 1 aliphatic heterocycles. The van der Waals surface area contributed by atoms with E-state index < -0.39 is 0 Å². The quantitative estimate of drug-likeness (QED) is 0.843. The highest BCUT2D eigenvalue weighted by Gasteiger charge is 2.29. The van der Waals surface area contributed by atoms with Gasteiger partial charge in [0.25, 0.3) is 0 Å². The lowest BCUT2D eigenvalue weighted by Gasteiger charge is -2.37. The lowest BCUT2D eigenvalue weighted by atomic mass is 10.0. The maximum atomic E-state index is 12.8. The summed E-state index contributed by atoms with van der Waals surface area (Å²) >= 11 is 6.08. The number of ether oxygens (including phenoxy) is 2. The molecule has 1 fully saturated rings. The molecule has 0 radical (unpaired) electrons. The predicted octanol–water partition coefficient (Wildman–Crippen LogP) is 3.29. The summed E-state index contributed by atoms with van der Waals surface area (Å²) in [4.78, 5) is 14.7. The van der Waals surface area contributed by atoms with Crippen LogP contribution < -0.4 is 14.8 Å². The SMILES string of the molecule is COc1ccccc1C1CNCCN1C(=O)CCOc1ccccc1Cl. The van der Waals surface area contributed by atoms with Gasteiger partial charge in [-0.15, -0.1) is 0 Å². The highest BCUT2D eigenvalue weighted by Crippen LogP contribution is 2.30. The molecule has 1 amide bonds. The number of hydrogen-bond acceptors (Lipinski definition) is 4. The van der Waals surface area contributed by atoms with Crippen LogP contribution in [0.4, 0.5) is 0 Å². The Morgan fingerprint density at radius 1 is 1.19 bits per heavy atom. The van der Waals surface area contributed by atoms with Gasteiger partial charge in [0.2, 0.25) is 5.91 Å². The van der Waals surface area contributed by atoms with Crippen LogP contribution in [0.1, 0.15) is 18.0 Å². The van der Waals surface area contributed by atoms with Gasteiger partial charge in [0.1, 0.15) is 11.5 Å². The van der Waals surface area contributed by atoms with Crippen molar-refractivity contribution in [2.24, 2.45) is 0 Å². The molecule has 0 aromatic heterocycles. The van der Waals surface area contributed by atoms with Gasteiger partial charge < -0.3 is 19.7 Å². The Bertz CT molecular complexity index is 753. The third-order valence-electron chi connectivity index (χ3n) is 4.47. The largest absolute Gasteiger partial charge is 0.496 e. The van der Waals surface area contributed by atoms with Crippen molar-refractivity contribution < 1.29 is 14.3 Å². The molecular weight excluding hydrogens is 352 g/mol. The third kappa shape index (κ3) is 4.29. The van der Waals surface area contributed by atoms with E-state index in [0.717, 1.165) is 17.9 Å².